The SMILES string of the molecule is CN(C)[C@@H]1C[C@@H]2CN(C(=O)c3ccccc3C(F)(F)F)C[C@@H]2C[C@H]1OCC1CC1. The van der Waals surface area contributed by atoms with Crippen LogP contribution in [0.3, 0.4) is 0 Å². The summed E-state index contributed by atoms with van der Waals surface area (Å²) in [5, 5.41) is 0. The monoisotopic (exact) mass is 410 g/mol. The molecule has 0 spiro atoms. The van der Waals surface area contributed by atoms with Gasteiger partial charge < -0.3 is 14.5 Å². The molecule has 3 fully saturated rings. The predicted octanol–water partition coefficient (Wildman–Crippen LogP) is 3.91. The molecule has 1 aliphatic heterocycles. The topological polar surface area (TPSA) is 32.8 Å². The van der Waals surface area contributed by atoms with Crippen LogP contribution in [-0.4, -0.2) is 61.6 Å². The van der Waals surface area contributed by atoms with E-state index in [0.717, 1.165) is 25.5 Å². The van der Waals surface area contributed by atoms with E-state index in [2.05, 4.69) is 19.0 Å². The van der Waals surface area contributed by atoms with Crippen LogP contribution < -0.4 is 0 Å². The number of hydrogen-bond acceptors (Lipinski definition) is 3. The first-order valence-electron chi connectivity index (χ1n) is 10.5. The van der Waals surface area contributed by atoms with Crippen molar-refractivity contribution < 1.29 is 22.7 Å². The fourth-order valence-electron chi connectivity index (χ4n) is 4.91. The normalized spacial score (nSPS) is 29.9. The summed E-state index contributed by atoms with van der Waals surface area (Å²) in [5.41, 5.74) is -1.10. The number of halogens is 3. The summed E-state index contributed by atoms with van der Waals surface area (Å²) in [6.07, 6.45) is -0.137. The standard InChI is InChI=1S/C22H29F3N2O2/c1-26(2)19-9-15-11-27(12-16(15)10-20(19)29-13-14-7-8-14)21(28)17-5-3-4-6-18(17)22(23,24)25/h3-6,14-16,19-20H,7-13H2,1-2H3/t15-,16+,19-,20-/m1/s1. The van der Waals surface area contributed by atoms with Gasteiger partial charge in [-0.3, -0.25) is 4.79 Å². The maximum atomic E-state index is 13.3. The van der Waals surface area contributed by atoms with Crippen molar-refractivity contribution in [3.8, 4) is 0 Å². The number of carbonyl (C=O) groups excluding carboxylic acids is 1. The van der Waals surface area contributed by atoms with Crippen LogP contribution in [0, 0.1) is 17.8 Å². The molecule has 1 saturated heterocycles. The van der Waals surface area contributed by atoms with Gasteiger partial charge in [-0.2, -0.15) is 13.2 Å². The molecule has 1 amide bonds. The van der Waals surface area contributed by atoms with Crippen molar-refractivity contribution in [2.45, 2.75) is 44.0 Å². The maximum Gasteiger partial charge on any atom is 0.417 e. The quantitative estimate of drug-likeness (QED) is 0.738. The second kappa shape index (κ2) is 7.91. The van der Waals surface area contributed by atoms with Gasteiger partial charge in [0.15, 0.2) is 0 Å². The summed E-state index contributed by atoms with van der Waals surface area (Å²) in [6.45, 7) is 1.84. The fourth-order valence-corrected chi connectivity index (χ4v) is 4.91. The van der Waals surface area contributed by atoms with Gasteiger partial charge in [-0.05, 0) is 69.7 Å². The van der Waals surface area contributed by atoms with Gasteiger partial charge in [-0.15, -0.1) is 0 Å². The molecule has 1 aromatic carbocycles. The van der Waals surface area contributed by atoms with E-state index >= 15 is 0 Å². The van der Waals surface area contributed by atoms with Crippen LogP contribution in [0.5, 0.6) is 0 Å². The third-order valence-electron chi connectivity index (χ3n) is 6.74. The van der Waals surface area contributed by atoms with E-state index in [9.17, 15) is 18.0 Å². The minimum absolute atomic E-state index is 0.129. The van der Waals surface area contributed by atoms with Crippen LogP contribution in [0.1, 0.15) is 41.6 Å². The first kappa shape index (κ1) is 20.7. The summed E-state index contributed by atoms with van der Waals surface area (Å²) in [5.74, 6) is 0.780. The van der Waals surface area contributed by atoms with E-state index in [0.29, 0.717) is 24.9 Å². The molecule has 0 radical (unpaired) electrons. The smallest absolute Gasteiger partial charge is 0.376 e. The van der Waals surface area contributed by atoms with Gasteiger partial charge in [-0.1, -0.05) is 12.1 Å². The lowest BCUT2D eigenvalue weighted by atomic mass is 9.77. The number of benzene rings is 1. The Kier molecular flexibility index (Phi) is 5.64. The molecule has 0 aromatic heterocycles. The van der Waals surface area contributed by atoms with E-state index in [1.807, 2.05) is 0 Å². The van der Waals surface area contributed by atoms with E-state index in [1.165, 1.54) is 31.0 Å². The summed E-state index contributed by atoms with van der Waals surface area (Å²) < 4.78 is 46.3. The van der Waals surface area contributed by atoms with Gasteiger partial charge in [0.05, 0.1) is 17.2 Å². The molecule has 1 heterocycles. The molecular formula is C22H29F3N2O2. The molecule has 0 N–H and O–H groups in total. The van der Waals surface area contributed by atoms with Crippen molar-refractivity contribution in [2.75, 3.05) is 33.8 Å². The second-order valence-electron chi connectivity index (χ2n) is 9.09. The van der Waals surface area contributed by atoms with Gasteiger partial charge in [0.1, 0.15) is 0 Å². The third-order valence-corrected chi connectivity index (χ3v) is 6.74. The number of hydrogen-bond donors (Lipinski definition) is 0. The zero-order chi connectivity index (χ0) is 20.8. The maximum absolute atomic E-state index is 13.3. The summed E-state index contributed by atoms with van der Waals surface area (Å²) in [6, 6.07) is 5.38. The number of likely N-dealkylation sites (N-methyl/N-ethyl adjacent to an activating group) is 1. The van der Waals surface area contributed by atoms with Crippen molar-refractivity contribution in [2.24, 2.45) is 17.8 Å². The zero-order valence-electron chi connectivity index (χ0n) is 17.0. The molecule has 2 aliphatic carbocycles. The van der Waals surface area contributed by atoms with Crippen LogP contribution in [0.4, 0.5) is 13.2 Å². The number of rotatable bonds is 5. The highest BCUT2D eigenvalue weighted by molar-refractivity contribution is 5.96. The lowest BCUT2D eigenvalue weighted by molar-refractivity contribution is -0.138. The molecule has 4 nitrogen and oxygen atoms in total. The minimum Gasteiger partial charge on any atom is -0.376 e. The third kappa shape index (κ3) is 4.45. The summed E-state index contributed by atoms with van der Waals surface area (Å²) >= 11 is 0. The van der Waals surface area contributed by atoms with Gasteiger partial charge in [-0.25, -0.2) is 0 Å². The number of alkyl halides is 3. The lowest BCUT2D eigenvalue weighted by Crippen LogP contribution is -2.48. The zero-order valence-corrected chi connectivity index (χ0v) is 17.0. The molecule has 0 bridgehead atoms. The Bertz CT molecular complexity index is 748. The van der Waals surface area contributed by atoms with Crippen molar-refractivity contribution in [3.63, 3.8) is 0 Å². The van der Waals surface area contributed by atoms with E-state index in [4.69, 9.17) is 4.74 Å². The van der Waals surface area contributed by atoms with Crippen molar-refractivity contribution in [3.05, 3.63) is 35.4 Å². The molecule has 3 aliphatic rings. The highest BCUT2D eigenvalue weighted by Gasteiger charge is 2.46. The molecule has 4 atom stereocenters. The van der Waals surface area contributed by atoms with Crippen molar-refractivity contribution in [1.29, 1.82) is 0 Å². The van der Waals surface area contributed by atoms with Crippen LogP contribution in [0.2, 0.25) is 0 Å². The molecular weight excluding hydrogens is 381 g/mol. The second-order valence-corrected chi connectivity index (χ2v) is 9.09. The number of nitrogens with zero attached hydrogens (tertiary/aromatic N) is 2. The Balaban J connectivity index is 1.47. The number of likely N-dealkylation sites (tertiary alicyclic amines) is 1. The first-order chi connectivity index (χ1) is 13.7. The Morgan fingerprint density at radius 3 is 2.41 bits per heavy atom. The molecule has 0 unspecified atom stereocenters. The molecule has 2 saturated carbocycles. The lowest BCUT2D eigenvalue weighted by Gasteiger charge is -2.41. The Morgan fingerprint density at radius 1 is 1.14 bits per heavy atom. The summed E-state index contributed by atoms with van der Waals surface area (Å²) in [4.78, 5) is 16.8. The molecule has 1 aromatic rings. The molecule has 29 heavy (non-hydrogen) atoms. The van der Waals surface area contributed by atoms with Gasteiger partial charge in [0.2, 0.25) is 0 Å². The van der Waals surface area contributed by atoms with E-state index in [1.54, 1.807) is 4.90 Å². The Labute approximate surface area is 170 Å². The van der Waals surface area contributed by atoms with Crippen LogP contribution in [0.25, 0.3) is 0 Å². The largest absolute Gasteiger partial charge is 0.417 e. The average molecular weight is 410 g/mol. The van der Waals surface area contributed by atoms with Crippen LogP contribution in [-0.2, 0) is 10.9 Å². The molecule has 4 rings (SSSR count). The Hall–Kier alpha value is -1.60. The minimum atomic E-state index is -4.53. The highest BCUT2D eigenvalue weighted by Crippen LogP contribution is 2.41. The summed E-state index contributed by atoms with van der Waals surface area (Å²) in [7, 11) is 4.10. The number of fused-ring (bicyclic) bond motifs is 1. The van der Waals surface area contributed by atoms with Crippen LogP contribution in [0.15, 0.2) is 24.3 Å². The Morgan fingerprint density at radius 2 is 1.79 bits per heavy atom. The van der Waals surface area contributed by atoms with Gasteiger partial charge in [0, 0.05) is 25.7 Å². The molecule has 7 heteroatoms. The highest BCUT2D eigenvalue weighted by atomic mass is 19.4. The van der Waals surface area contributed by atoms with E-state index in [-0.39, 0.29) is 23.6 Å². The molecule has 160 valence electrons. The fraction of sp³-hybridized carbons (Fsp3) is 0.682. The van der Waals surface area contributed by atoms with Crippen molar-refractivity contribution in [1.82, 2.24) is 9.80 Å². The van der Waals surface area contributed by atoms with Gasteiger partial charge >= 0.3 is 6.18 Å². The number of ether oxygens (including phenoxy) is 1. The van der Waals surface area contributed by atoms with Crippen molar-refractivity contribution >= 4 is 5.91 Å². The first-order valence-corrected chi connectivity index (χ1v) is 10.5. The average Bonchev–Trinajstić information content (AvgIpc) is 3.41. The number of carbonyl (C=O) groups is 1. The predicted molar refractivity (Wildman–Crippen MR) is 104 cm³/mol. The van der Waals surface area contributed by atoms with E-state index < -0.39 is 17.6 Å². The number of amides is 1. The van der Waals surface area contributed by atoms with Crippen LogP contribution >= 0.6 is 0 Å². The van der Waals surface area contributed by atoms with Gasteiger partial charge in [0.25, 0.3) is 5.91 Å².